The molecule has 0 spiro atoms. The summed E-state index contributed by atoms with van der Waals surface area (Å²) in [5.74, 6) is -2.06. The maximum atomic E-state index is 13.5. The van der Waals surface area contributed by atoms with Gasteiger partial charge in [-0.05, 0) is 61.7 Å². The maximum Gasteiger partial charge on any atom is 0.352 e. The van der Waals surface area contributed by atoms with E-state index >= 15 is 0 Å². The molecule has 1 aliphatic rings. The smallest absolute Gasteiger partial charge is 0.352 e. The van der Waals surface area contributed by atoms with Gasteiger partial charge in [0.05, 0.1) is 24.8 Å². The standard InChI is InChI=1S/C25H24ClFN4O5/c1-2-36-24(34)17-4-3-13-29(15-17)22(32)21-23(33)30(14-16-5-9-19(27)10-6-16)25(35)31(28-21)20-11-7-18(26)8-12-20/h5-12,17H,2-4,13-15H2,1H3/t17-/m1/s1. The van der Waals surface area contributed by atoms with E-state index in [0.29, 0.717) is 35.7 Å². The maximum absolute atomic E-state index is 13.5. The van der Waals surface area contributed by atoms with Gasteiger partial charge >= 0.3 is 11.7 Å². The molecule has 1 aromatic heterocycles. The van der Waals surface area contributed by atoms with E-state index in [1.807, 2.05) is 0 Å². The van der Waals surface area contributed by atoms with Crippen molar-refractivity contribution in [2.45, 2.75) is 26.3 Å². The lowest BCUT2D eigenvalue weighted by atomic mass is 9.98. The van der Waals surface area contributed by atoms with Gasteiger partial charge in [-0.3, -0.25) is 19.0 Å². The number of ether oxygens (including phenoxy) is 1. The fourth-order valence-corrected chi connectivity index (χ4v) is 4.20. The summed E-state index contributed by atoms with van der Waals surface area (Å²) in [6.07, 6.45) is 1.12. The van der Waals surface area contributed by atoms with Crippen LogP contribution in [0.25, 0.3) is 5.69 Å². The number of nitrogens with zero attached hydrogens (tertiary/aromatic N) is 4. The van der Waals surface area contributed by atoms with Crippen molar-refractivity contribution in [3.05, 3.63) is 91.5 Å². The van der Waals surface area contributed by atoms with Gasteiger partial charge in [0.1, 0.15) is 5.82 Å². The van der Waals surface area contributed by atoms with Crippen LogP contribution in [0.15, 0.2) is 58.1 Å². The fraction of sp³-hybridized carbons (Fsp3) is 0.320. The van der Waals surface area contributed by atoms with Crippen LogP contribution in [0.1, 0.15) is 35.8 Å². The fourth-order valence-electron chi connectivity index (χ4n) is 4.08. The van der Waals surface area contributed by atoms with E-state index < -0.39 is 40.6 Å². The van der Waals surface area contributed by atoms with Crippen molar-refractivity contribution >= 4 is 23.5 Å². The highest BCUT2D eigenvalue weighted by Crippen LogP contribution is 2.19. The highest BCUT2D eigenvalue weighted by molar-refractivity contribution is 6.30. The first-order valence-electron chi connectivity index (χ1n) is 11.5. The van der Waals surface area contributed by atoms with Crippen LogP contribution >= 0.6 is 11.6 Å². The van der Waals surface area contributed by atoms with Crippen molar-refractivity contribution in [3.8, 4) is 5.69 Å². The van der Waals surface area contributed by atoms with E-state index in [-0.39, 0.29) is 19.7 Å². The molecule has 1 atom stereocenters. The number of carbonyl (C=O) groups is 2. The number of benzene rings is 2. The van der Waals surface area contributed by atoms with Crippen molar-refractivity contribution in [3.63, 3.8) is 0 Å². The predicted octanol–water partition coefficient (Wildman–Crippen LogP) is 2.65. The van der Waals surface area contributed by atoms with Crippen LogP contribution in [0.5, 0.6) is 0 Å². The number of piperidine rings is 1. The summed E-state index contributed by atoms with van der Waals surface area (Å²) >= 11 is 5.97. The summed E-state index contributed by atoms with van der Waals surface area (Å²) in [6, 6.07) is 11.5. The summed E-state index contributed by atoms with van der Waals surface area (Å²) in [7, 11) is 0. The number of esters is 1. The molecule has 11 heteroatoms. The quantitative estimate of drug-likeness (QED) is 0.468. The Morgan fingerprint density at radius 2 is 1.81 bits per heavy atom. The second-order valence-electron chi connectivity index (χ2n) is 8.38. The van der Waals surface area contributed by atoms with Gasteiger partial charge in [0.25, 0.3) is 11.5 Å². The minimum Gasteiger partial charge on any atom is -0.466 e. The number of carbonyl (C=O) groups excluding carboxylic acids is 2. The largest absolute Gasteiger partial charge is 0.466 e. The Labute approximate surface area is 210 Å². The second-order valence-corrected chi connectivity index (χ2v) is 8.82. The van der Waals surface area contributed by atoms with Crippen molar-refractivity contribution in [1.82, 2.24) is 19.2 Å². The molecule has 0 saturated carbocycles. The first-order valence-corrected chi connectivity index (χ1v) is 11.9. The van der Waals surface area contributed by atoms with Crippen molar-refractivity contribution in [1.29, 1.82) is 0 Å². The Morgan fingerprint density at radius 3 is 2.47 bits per heavy atom. The second kappa shape index (κ2) is 10.9. The van der Waals surface area contributed by atoms with Crippen molar-refractivity contribution < 1.29 is 18.7 Å². The van der Waals surface area contributed by atoms with Crippen LogP contribution in [0.2, 0.25) is 5.02 Å². The SMILES string of the molecule is CCOC(=O)[C@@H]1CCCN(C(=O)c2nn(-c3ccc(Cl)cc3)c(=O)n(Cc3ccc(F)cc3)c2=O)C1. The van der Waals surface area contributed by atoms with Gasteiger partial charge in [0.15, 0.2) is 0 Å². The van der Waals surface area contributed by atoms with Gasteiger partial charge in [0, 0.05) is 18.1 Å². The summed E-state index contributed by atoms with van der Waals surface area (Å²) in [5, 5.41) is 4.56. The molecule has 36 heavy (non-hydrogen) atoms. The third-order valence-corrected chi connectivity index (χ3v) is 6.17. The summed E-state index contributed by atoms with van der Waals surface area (Å²) in [6.45, 7) is 2.15. The summed E-state index contributed by atoms with van der Waals surface area (Å²) in [4.78, 5) is 53.7. The lowest BCUT2D eigenvalue weighted by Gasteiger charge is -2.31. The monoisotopic (exact) mass is 514 g/mol. The van der Waals surface area contributed by atoms with Gasteiger partial charge in [-0.1, -0.05) is 23.7 Å². The molecule has 0 aliphatic carbocycles. The van der Waals surface area contributed by atoms with Gasteiger partial charge in [-0.25, -0.2) is 9.18 Å². The molecule has 9 nitrogen and oxygen atoms in total. The zero-order valence-corrected chi connectivity index (χ0v) is 20.3. The van der Waals surface area contributed by atoms with Crippen molar-refractivity contribution in [2.75, 3.05) is 19.7 Å². The normalized spacial score (nSPS) is 15.5. The highest BCUT2D eigenvalue weighted by atomic mass is 35.5. The van der Waals surface area contributed by atoms with Crippen LogP contribution < -0.4 is 11.2 Å². The predicted molar refractivity (Wildman–Crippen MR) is 130 cm³/mol. The average molecular weight is 515 g/mol. The highest BCUT2D eigenvalue weighted by Gasteiger charge is 2.32. The molecule has 0 N–H and O–H groups in total. The number of rotatable bonds is 6. The summed E-state index contributed by atoms with van der Waals surface area (Å²) in [5.41, 5.74) is -1.32. The molecule has 0 bridgehead atoms. The number of aromatic nitrogens is 3. The van der Waals surface area contributed by atoms with E-state index in [4.69, 9.17) is 16.3 Å². The Balaban J connectivity index is 1.78. The molecule has 1 fully saturated rings. The van der Waals surface area contributed by atoms with Gasteiger partial charge in [0.2, 0.25) is 5.69 Å². The minimum atomic E-state index is -0.877. The average Bonchev–Trinajstić information content (AvgIpc) is 2.88. The Hall–Kier alpha value is -3.79. The van der Waals surface area contributed by atoms with E-state index in [1.54, 1.807) is 19.1 Å². The van der Waals surface area contributed by atoms with E-state index in [0.717, 1.165) is 9.25 Å². The van der Waals surface area contributed by atoms with E-state index in [9.17, 15) is 23.6 Å². The zero-order valence-electron chi connectivity index (χ0n) is 19.5. The van der Waals surface area contributed by atoms with Crippen molar-refractivity contribution in [2.24, 2.45) is 5.92 Å². The molecule has 2 aromatic carbocycles. The van der Waals surface area contributed by atoms with E-state index in [1.165, 1.54) is 41.3 Å². The molecule has 0 unspecified atom stereocenters. The third-order valence-electron chi connectivity index (χ3n) is 5.92. The molecule has 1 amide bonds. The lowest BCUT2D eigenvalue weighted by molar-refractivity contribution is -0.149. The number of halogens is 2. The molecule has 4 rings (SSSR count). The molecular weight excluding hydrogens is 491 g/mol. The topological polar surface area (TPSA) is 104 Å². The molecule has 1 saturated heterocycles. The molecule has 2 heterocycles. The van der Waals surface area contributed by atoms with Crippen LogP contribution in [0.3, 0.4) is 0 Å². The lowest BCUT2D eigenvalue weighted by Crippen LogP contribution is -2.49. The molecule has 188 valence electrons. The summed E-state index contributed by atoms with van der Waals surface area (Å²) < 4.78 is 20.3. The first-order chi connectivity index (χ1) is 17.3. The Morgan fingerprint density at radius 1 is 1.11 bits per heavy atom. The van der Waals surface area contributed by atoms with Crippen LogP contribution in [-0.4, -0.2) is 50.8 Å². The molecule has 1 aliphatic heterocycles. The minimum absolute atomic E-state index is 0.0802. The Bertz CT molecular complexity index is 1390. The Kier molecular flexibility index (Phi) is 7.64. The number of hydrogen-bond donors (Lipinski definition) is 0. The van der Waals surface area contributed by atoms with Crippen LogP contribution in [0.4, 0.5) is 4.39 Å². The molecular formula is C25H24ClFN4O5. The van der Waals surface area contributed by atoms with E-state index in [2.05, 4.69) is 5.10 Å². The zero-order chi connectivity index (χ0) is 25.8. The van der Waals surface area contributed by atoms with Gasteiger partial charge in [-0.15, -0.1) is 0 Å². The molecule has 0 radical (unpaired) electrons. The number of hydrogen-bond acceptors (Lipinski definition) is 6. The van der Waals surface area contributed by atoms with Crippen LogP contribution in [0, 0.1) is 11.7 Å². The molecule has 3 aromatic rings. The third kappa shape index (κ3) is 5.38. The first kappa shape index (κ1) is 25.3. The van der Waals surface area contributed by atoms with Crippen LogP contribution in [-0.2, 0) is 16.1 Å². The van der Waals surface area contributed by atoms with Gasteiger partial charge in [-0.2, -0.15) is 9.78 Å². The number of likely N-dealkylation sites (tertiary alicyclic amines) is 1. The van der Waals surface area contributed by atoms with Gasteiger partial charge < -0.3 is 9.64 Å². The number of amides is 1.